The molecule has 0 bridgehead atoms. The van der Waals surface area contributed by atoms with Crippen LogP contribution in [0.15, 0.2) is 48.1 Å². The third kappa shape index (κ3) is 5.22. The average Bonchev–Trinajstić information content (AvgIpc) is 2.60. The summed E-state index contributed by atoms with van der Waals surface area (Å²) in [5, 5.41) is 4.38. The maximum Gasteiger partial charge on any atom is 0.272 e. The molecule has 2 aromatic rings. The summed E-state index contributed by atoms with van der Waals surface area (Å²) in [6.45, 7) is 5.92. The van der Waals surface area contributed by atoms with Gasteiger partial charge < -0.3 is 9.47 Å². The molecule has 0 saturated heterocycles. The van der Waals surface area contributed by atoms with Gasteiger partial charge in [0, 0.05) is 0 Å². The van der Waals surface area contributed by atoms with Gasteiger partial charge in [-0.15, -0.1) is 0 Å². The molecule has 0 aliphatic heterocycles. The smallest absolute Gasteiger partial charge is 0.272 e. The molecule has 0 fully saturated rings. The Morgan fingerprint density at radius 2 is 2.15 bits per heavy atom. The number of carbonyl (C=O) groups is 1. The van der Waals surface area contributed by atoms with Gasteiger partial charge in [-0.3, -0.25) is 4.79 Å². The minimum absolute atomic E-state index is 0.370. The Kier molecular flexibility index (Phi) is 7.47. The van der Waals surface area contributed by atoms with E-state index in [4.69, 9.17) is 21.1 Å². The van der Waals surface area contributed by atoms with Crippen molar-refractivity contribution in [3.8, 4) is 11.5 Å². The van der Waals surface area contributed by atoms with Crippen LogP contribution in [0, 0.1) is 10.5 Å². The first-order chi connectivity index (χ1) is 12.5. The highest BCUT2D eigenvalue weighted by Crippen LogP contribution is 2.33. The van der Waals surface area contributed by atoms with Crippen molar-refractivity contribution in [1.29, 1.82) is 0 Å². The number of amides is 1. The molecule has 0 unspecified atom stereocenters. The van der Waals surface area contributed by atoms with Gasteiger partial charge in [0.1, 0.15) is 6.61 Å². The van der Waals surface area contributed by atoms with Gasteiger partial charge in [-0.25, -0.2) is 5.43 Å². The summed E-state index contributed by atoms with van der Waals surface area (Å²) in [5.74, 6) is 0.840. The summed E-state index contributed by atoms with van der Waals surface area (Å²) < 4.78 is 11.8. The van der Waals surface area contributed by atoms with Crippen molar-refractivity contribution < 1.29 is 14.3 Å². The lowest BCUT2D eigenvalue weighted by molar-refractivity contribution is 0.0955. The van der Waals surface area contributed by atoms with Gasteiger partial charge in [0.25, 0.3) is 5.91 Å². The van der Waals surface area contributed by atoms with Crippen LogP contribution in [-0.2, 0) is 0 Å². The molecule has 5 nitrogen and oxygen atoms in total. The second-order valence-electron chi connectivity index (χ2n) is 5.32. The quantitative estimate of drug-likeness (QED) is 0.271. The van der Waals surface area contributed by atoms with Crippen molar-refractivity contribution in [3.05, 3.63) is 68.3 Å². The molecule has 2 aromatic carbocycles. The third-order valence-corrected chi connectivity index (χ3v) is 4.46. The number of methoxy groups -OCH3 is 1. The van der Waals surface area contributed by atoms with Crippen molar-refractivity contribution in [2.45, 2.75) is 6.92 Å². The molecule has 0 aliphatic rings. The number of hydrazone groups is 1. The molecule has 7 heteroatoms. The Balaban J connectivity index is 2.13. The minimum atomic E-state index is -0.376. The van der Waals surface area contributed by atoms with E-state index in [2.05, 4.69) is 39.7 Å². The number of aryl methyl sites for hydroxylation is 1. The number of halogens is 2. The Labute approximate surface area is 171 Å². The summed E-state index contributed by atoms with van der Waals surface area (Å²) in [7, 11) is 1.56. The molecule has 26 heavy (non-hydrogen) atoms. The van der Waals surface area contributed by atoms with Gasteiger partial charge in [0.2, 0.25) is 0 Å². The fourth-order valence-electron chi connectivity index (χ4n) is 2.13. The first-order valence-corrected chi connectivity index (χ1v) is 9.12. The molecular weight excluding hydrogens is 467 g/mol. The SMILES string of the molecule is C=CCOc1c(I)cc(/C=N\NC(=O)c2ccc(C)cc2Cl)cc1OC. The molecule has 1 amide bonds. The van der Waals surface area contributed by atoms with Crippen LogP contribution in [0.25, 0.3) is 0 Å². The Morgan fingerprint density at radius 1 is 1.38 bits per heavy atom. The van der Waals surface area contributed by atoms with Gasteiger partial charge >= 0.3 is 0 Å². The summed E-state index contributed by atoms with van der Waals surface area (Å²) in [5.41, 5.74) is 4.58. The average molecular weight is 485 g/mol. The highest BCUT2D eigenvalue weighted by atomic mass is 127. The zero-order chi connectivity index (χ0) is 19.1. The predicted molar refractivity (Wildman–Crippen MR) is 113 cm³/mol. The molecule has 0 heterocycles. The maximum atomic E-state index is 12.2. The number of nitrogens with zero attached hydrogens (tertiary/aromatic N) is 1. The minimum Gasteiger partial charge on any atom is -0.493 e. The largest absolute Gasteiger partial charge is 0.493 e. The van der Waals surface area contributed by atoms with Crippen LogP contribution in [0.1, 0.15) is 21.5 Å². The van der Waals surface area contributed by atoms with Crippen molar-refractivity contribution in [2.75, 3.05) is 13.7 Å². The summed E-state index contributed by atoms with van der Waals surface area (Å²) >= 11 is 8.24. The van der Waals surface area contributed by atoms with Crippen LogP contribution in [0.3, 0.4) is 0 Å². The van der Waals surface area contributed by atoms with Crippen molar-refractivity contribution >= 4 is 46.3 Å². The van der Waals surface area contributed by atoms with E-state index in [9.17, 15) is 4.79 Å². The van der Waals surface area contributed by atoms with Crippen molar-refractivity contribution in [1.82, 2.24) is 5.43 Å². The van der Waals surface area contributed by atoms with Crippen LogP contribution < -0.4 is 14.9 Å². The molecule has 1 N–H and O–H groups in total. The lowest BCUT2D eigenvalue weighted by Crippen LogP contribution is -2.18. The van der Waals surface area contributed by atoms with E-state index in [1.807, 2.05) is 19.1 Å². The summed E-state index contributed by atoms with van der Waals surface area (Å²) in [6.07, 6.45) is 3.19. The zero-order valence-electron chi connectivity index (χ0n) is 14.4. The fourth-order valence-corrected chi connectivity index (χ4v) is 3.23. The van der Waals surface area contributed by atoms with E-state index >= 15 is 0 Å². The van der Waals surface area contributed by atoms with Crippen LogP contribution in [0.4, 0.5) is 0 Å². The number of ether oxygens (including phenoxy) is 2. The third-order valence-electron chi connectivity index (χ3n) is 3.35. The first kappa shape index (κ1) is 20.3. The second-order valence-corrected chi connectivity index (χ2v) is 6.89. The highest BCUT2D eigenvalue weighted by Gasteiger charge is 2.11. The summed E-state index contributed by atoms with van der Waals surface area (Å²) in [6, 6.07) is 8.86. The van der Waals surface area contributed by atoms with Crippen molar-refractivity contribution in [3.63, 3.8) is 0 Å². The maximum absolute atomic E-state index is 12.2. The number of rotatable bonds is 7. The zero-order valence-corrected chi connectivity index (χ0v) is 17.3. The number of hydrogen-bond donors (Lipinski definition) is 1. The number of nitrogens with one attached hydrogen (secondary N) is 1. The van der Waals surface area contributed by atoms with Crippen LogP contribution >= 0.6 is 34.2 Å². The molecule has 0 atom stereocenters. The van der Waals surface area contributed by atoms with E-state index in [-0.39, 0.29) is 5.91 Å². The topological polar surface area (TPSA) is 59.9 Å². The van der Waals surface area contributed by atoms with Gasteiger partial charge in [-0.2, -0.15) is 5.10 Å². The Morgan fingerprint density at radius 3 is 2.81 bits per heavy atom. The van der Waals surface area contributed by atoms with Gasteiger partial charge in [0.15, 0.2) is 11.5 Å². The Bertz CT molecular complexity index is 853. The van der Waals surface area contributed by atoms with E-state index < -0.39 is 0 Å². The fraction of sp³-hybridized carbons (Fsp3) is 0.158. The molecule has 0 aromatic heterocycles. The molecule has 0 radical (unpaired) electrons. The molecule has 0 saturated carbocycles. The van der Waals surface area contributed by atoms with E-state index in [1.54, 1.807) is 31.4 Å². The van der Waals surface area contributed by atoms with Gasteiger partial charge in [-0.05, 0) is 64.9 Å². The standard InChI is InChI=1S/C19H18ClIN2O3/c1-4-7-26-18-16(21)9-13(10-17(18)25-3)11-22-23-19(24)14-6-5-12(2)8-15(14)20/h4-6,8-11H,1,7H2,2-3H3,(H,23,24)/b22-11-. The molecule has 0 aliphatic carbocycles. The molecular formula is C19H18ClIN2O3. The van der Waals surface area contributed by atoms with Gasteiger partial charge in [0.05, 0.1) is 27.5 Å². The number of hydrogen-bond acceptors (Lipinski definition) is 4. The van der Waals surface area contributed by atoms with Gasteiger partial charge in [-0.1, -0.05) is 30.3 Å². The first-order valence-electron chi connectivity index (χ1n) is 7.67. The van der Waals surface area contributed by atoms with Crippen molar-refractivity contribution in [2.24, 2.45) is 5.10 Å². The molecule has 2 rings (SSSR count). The Hall–Kier alpha value is -2.06. The molecule has 136 valence electrons. The van der Waals surface area contributed by atoms with E-state index in [0.717, 1.165) is 14.7 Å². The predicted octanol–water partition coefficient (Wildman–Crippen LogP) is 4.59. The lowest BCUT2D eigenvalue weighted by atomic mass is 10.1. The van der Waals surface area contributed by atoms with Crippen LogP contribution in [0.2, 0.25) is 5.02 Å². The number of benzene rings is 2. The normalized spacial score (nSPS) is 10.6. The van der Waals surface area contributed by atoms with Crippen LogP contribution in [0.5, 0.6) is 11.5 Å². The lowest BCUT2D eigenvalue weighted by Gasteiger charge is -2.12. The van der Waals surface area contributed by atoms with E-state index in [0.29, 0.717) is 28.7 Å². The van der Waals surface area contributed by atoms with E-state index in [1.165, 1.54) is 6.21 Å². The molecule has 0 spiro atoms. The second kappa shape index (κ2) is 9.59. The highest BCUT2D eigenvalue weighted by molar-refractivity contribution is 14.1. The summed E-state index contributed by atoms with van der Waals surface area (Å²) in [4.78, 5) is 12.2. The van der Waals surface area contributed by atoms with Crippen LogP contribution in [-0.4, -0.2) is 25.8 Å². The number of carbonyl (C=O) groups excluding carboxylic acids is 1. The monoisotopic (exact) mass is 484 g/mol.